The van der Waals surface area contributed by atoms with E-state index in [0.29, 0.717) is 17.5 Å². The number of H-pyrrole nitrogens is 1. The molecule has 0 radical (unpaired) electrons. The van der Waals surface area contributed by atoms with Crippen LogP contribution in [-0.2, 0) is 18.6 Å². The number of rotatable bonds is 2. The molecule has 0 aromatic carbocycles. The Labute approximate surface area is 137 Å². The number of nitrogens with one attached hydrogen (secondary N) is 2. The molecular formula is C15H20N4OS2. The summed E-state index contributed by atoms with van der Waals surface area (Å²) in [7, 11) is 3.58. The van der Waals surface area contributed by atoms with Crippen LogP contribution < -0.4 is 10.9 Å². The number of amidine groups is 1. The van der Waals surface area contributed by atoms with Gasteiger partial charge in [0.05, 0.1) is 11.1 Å². The number of aromatic amines is 1. The van der Waals surface area contributed by atoms with Gasteiger partial charge in [0.15, 0.2) is 5.17 Å². The smallest absolute Gasteiger partial charge is 0.259 e. The average molecular weight is 336 g/mol. The summed E-state index contributed by atoms with van der Waals surface area (Å²) in [6.45, 7) is 2.27. The Kier molecular flexibility index (Phi) is 4.54. The SMILES string of the molecule is CN=C(NC)SCc1nc2sc3c(c2c(=O)[nH]1)CC[C@H](C)C3. The summed E-state index contributed by atoms with van der Waals surface area (Å²) in [6, 6.07) is 0. The van der Waals surface area contributed by atoms with E-state index in [2.05, 4.69) is 27.2 Å². The maximum atomic E-state index is 12.5. The topological polar surface area (TPSA) is 70.1 Å². The summed E-state index contributed by atoms with van der Waals surface area (Å²) in [5.74, 6) is 2.02. The highest BCUT2D eigenvalue weighted by molar-refractivity contribution is 8.13. The zero-order chi connectivity index (χ0) is 15.7. The highest BCUT2D eigenvalue weighted by Crippen LogP contribution is 2.35. The fraction of sp³-hybridized carbons (Fsp3) is 0.533. The molecule has 2 aromatic rings. The Morgan fingerprint density at radius 3 is 3.14 bits per heavy atom. The second-order valence-corrected chi connectivity index (χ2v) is 7.66. The minimum atomic E-state index is 0.00657. The number of hydrogen-bond acceptors (Lipinski definition) is 5. The number of hydrogen-bond donors (Lipinski definition) is 2. The van der Waals surface area contributed by atoms with Crippen LogP contribution in [0.4, 0.5) is 0 Å². The number of aliphatic imine (C=N–C) groups is 1. The third-order valence-electron chi connectivity index (χ3n) is 3.98. The standard InChI is InChI=1S/C15H20N4OS2/c1-8-4-5-9-10(6-8)22-14-12(9)13(20)18-11(19-14)7-21-15(16-2)17-3/h8H,4-7H2,1-3H3,(H,16,17)(H,18,19,20)/t8-/m0/s1. The summed E-state index contributed by atoms with van der Waals surface area (Å²) in [5.41, 5.74) is 1.24. The third kappa shape index (κ3) is 2.92. The number of aromatic nitrogens is 2. The van der Waals surface area contributed by atoms with Gasteiger partial charge in [-0.1, -0.05) is 18.7 Å². The van der Waals surface area contributed by atoms with Crippen LogP contribution >= 0.6 is 23.1 Å². The van der Waals surface area contributed by atoms with Crippen molar-refractivity contribution in [2.75, 3.05) is 14.1 Å². The van der Waals surface area contributed by atoms with E-state index < -0.39 is 0 Å². The Balaban J connectivity index is 1.94. The highest BCUT2D eigenvalue weighted by Gasteiger charge is 2.22. The minimum Gasteiger partial charge on any atom is -0.368 e. The van der Waals surface area contributed by atoms with E-state index in [4.69, 9.17) is 0 Å². The molecule has 0 bridgehead atoms. The number of nitrogens with zero attached hydrogens (tertiary/aromatic N) is 2. The van der Waals surface area contributed by atoms with Crippen molar-refractivity contribution in [3.8, 4) is 0 Å². The van der Waals surface area contributed by atoms with E-state index in [1.54, 1.807) is 18.4 Å². The van der Waals surface area contributed by atoms with E-state index >= 15 is 0 Å². The largest absolute Gasteiger partial charge is 0.368 e. The molecule has 1 aliphatic rings. The van der Waals surface area contributed by atoms with Crippen molar-refractivity contribution < 1.29 is 0 Å². The van der Waals surface area contributed by atoms with Crippen LogP contribution in [0.5, 0.6) is 0 Å². The molecule has 1 atom stereocenters. The van der Waals surface area contributed by atoms with Crippen molar-refractivity contribution in [2.45, 2.75) is 31.9 Å². The van der Waals surface area contributed by atoms with Crippen LogP contribution in [0.25, 0.3) is 10.2 Å². The molecule has 22 heavy (non-hydrogen) atoms. The van der Waals surface area contributed by atoms with Gasteiger partial charge in [0, 0.05) is 19.0 Å². The van der Waals surface area contributed by atoms with Gasteiger partial charge >= 0.3 is 0 Å². The van der Waals surface area contributed by atoms with Crippen molar-refractivity contribution in [2.24, 2.45) is 10.9 Å². The molecular weight excluding hydrogens is 316 g/mol. The van der Waals surface area contributed by atoms with Gasteiger partial charge in [0.25, 0.3) is 5.56 Å². The van der Waals surface area contributed by atoms with Gasteiger partial charge in [0.2, 0.25) is 0 Å². The van der Waals surface area contributed by atoms with Crippen LogP contribution in [0.1, 0.15) is 29.6 Å². The molecule has 0 fully saturated rings. The maximum absolute atomic E-state index is 12.5. The zero-order valence-electron chi connectivity index (χ0n) is 13.0. The lowest BCUT2D eigenvalue weighted by molar-refractivity contribution is 0.509. The molecule has 0 saturated carbocycles. The number of fused-ring (bicyclic) bond motifs is 3. The fourth-order valence-electron chi connectivity index (χ4n) is 2.85. The average Bonchev–Trinajstić information content (AvgIpc) is 2.85. The number of aryl methyl sites for hydroxylation is 1. The predicted molar refractivity (Wildman–Crippen MR) is 95.1 cm³/mol. The zero-order valence-corrected chi connectivity index (χ0v) is 14.7. The van der Waals surface area contributed by atoms with E-state index in [1.165, 1.54) is 22.2 Å². The molecule has 7 heteroatoms. The first-order chi connectivity index (χ1) is 10.6. The Bertz CT molecular complexity index is 778. The van der Waals surface area contributed by atoms with Crippen molar-refractivity contribution in [3.63, 3.8) is 0 Å². The summed E-state index contributed by atoms with van der Waals surface area (Å²) < 4.78 is 0. The van der Waals surface area contributed by atoms with E-state index in [0.717, 1.165) is 34.6 Å². The summed E-state index contributed by atoms with van der Waals surface area (Å²) >= 11 is 3.23. The van der Waals surface area contributed by atoms with E-state index in [1.807, 2.05) is 7.05 Å². The van der Waals surface area contributed by atoms with Gasteiger partial charge in [0.1, 0.15) is 10.7 Å². The first kappa shape index (κ1) is 15.6. The van der Waals surface area contributed by atoms with Gasteiger partial charge in [-0.25, -0.2) is 4.98 Å². The van der Waals surface area contributed by atoms with Gasteiger partial charge in [-0.05, 0) is 30.7 Å². The Hall–Kier alpha value is -1.34. The molecule has 118 valence electrons. The van der Waals surface area contributed by atoms with Crippen LogP contribution in [0, 0.1) is 5.92 Å². The van der Waals surface area contributed by atoms with Gasteiger partial charge in [-0.3, -0.25) is 9.79 Å². The molecule has 1 aliphatic carbocycles. The first-order valence-electron chi connectivity index (χ1n) is 7.43. The maximum Gasteiger partial charge on any atom is 0.259 e. The molecule has 2 heterocycles. The molecule has 0 saturated heterocycles. The molecule has 3 rings (SSSR count). The lowest BCUT2D eigenvalue weighted by Gasteiger charge is -2.17. The van der Waals surface area contributed by atoms with Crippen LogP contribution in [0.15, 0.2) is 9.79 Å². The molecule has 2 N–H and O–H groups in total. The molecule has 0 spiro atoms. The molecule has 0 aliphatic heterocycles. The van der Waals surface area contributed by atoms with Gasteiger partial charge in [-0.2, -0.15) is 0 Å². The minimum absolute atomic E-state index is 0.00657. The van der Waals surface area contributed by atoms with Crippen LogP contribution in [0.3, 0.4) is 0 Å². The van der Waals surface area contributed by atoms with Crippen molar-refractivity contribution in [1.29, 1.82) is 0 Å². The van der Waals surface area contributed by atoms with Gasteiger partial charge in [-0.15, -0.1) is 11.3 Å². The Morgan fingerprint density at radius 2 is 2.41 bits per heavy atom. The van der Waals surface area contributed by atoms with Crippen LogP contribution in [-0.4, -0.2) is 29.2 Å². The monoisotopic (exact) mass is 336 g/mol. The van der Waals surface area contributed by atoms with Crippen molar-refractivity contribution >= 4 is 38.5 Å². The first-order valence-corrected chi connectivity index (χ1v) is 9.23. The lowest BCUT2D eigenvalue weighted by Crippen LogP contribution is -2.16. The van der Waals surface area contributed by atoms with Gasteiger partial charge < -0.3 is 10.3 Å². The normalized spacial score (nSPS) is 18.5. The second kappa shape index (κ2) is 6.42. The van der Waals surface area contributed by atoms with Crippen molar-refractivity contribution in [1.82, 2.24) is 15.3 Å². The number of thioether (sulfide) groups is 1. The molecule has 0 amide bonds. The Morgan fingerprint density at radius 1 is 1.59 bits per heavy atom. The molecule has 2 aromatic heterocycles. The fourth-order valence-corrected chi connectivity index (χ4v) is 4.93. The van der Waals surface area contributed by atoms with E-state index in [-0.39, 0.29) is 5.56 Å². The summed E-state index contributed by atoms with van der Waals surface area (Å²) in [4.78, 5) is 26.4. The predicted octanol–water partition coefficient (Wildman–Crippen LogP) is 2.55. The van der Waals surface area contributed by atoms with Crippen molar-refractivity contribution in [3.05, 3.63) is 26.6 Å². The second-order valence-electron chi connectivity index (χ2n) is 5.61. The molecule has 5 nitrogen and oxygen atoms in total. The number of thiophene rings is 1. The summed E-state index contributed by atoms with van der Waals surface area (Å²) in [6.07, 6.45) is 3.24. The molecule has 0 unspecified atom stereocenters. The summed E-state index contributed by atoms with van der Waals surface area (Å²) in [5, 5.41) is 4.67. The third-order valence-corrected chi connectivity index (χ3v) is 6.20. The van der Waals surface area contributed by atoms with E-state index in [9.17, 15) is 4.79 Å². The lowest BCUT2D eigenvalue weighted by atomic mass is 9.89. The highest BCUT2D eigenvalue weighted by atomic mass is 32.2. The quantitative estimate of drug-likeness (QED) is 0.653. The van der Waals surface area contributed by atoms with Crippen LogP contribution in [0.2, 0.25) is 0 Å².